The van der Waals surface area contributed by atoms with Crippen LogP contribution in [0, 0.1) is 11.8 Å². The molecule has 0 bridgehead atoms. The summed E-state index contributed by atoms with van der Waals surface area (Å²) in [7, 11) is 0. The van der Waals surface area contributed by atoms with Gasteiger partial charge in [0.1, 0.15) is 5.60 Å². The molecule has 2 aliphatic rings. The van der Waals surface area contributed by atoms with Crippen molar-refractivity contribution in [1.82, 2.24) is 4.90 Å². The van der Waals surface area contributed by atoms with Gasteiger partial charge in [-0.15, -0.1) is 0 Å². The second-order valence-electron chi connectivity index (χ2n) is 6.36. The summed E-state index contributed by atoms with van der Waals surface area (Å²) in [4.78, 5) is 14.0. The van der Waals surface area contributed by atoms with Crippen LogP contribution in [-0.2, 0) is 4.74 Å². The summed E-state index contributed by atoms with van der Waals surface area (Å²) < 4.78 is 5.45. The largest absolute Gasteiger partial charge is 0.444 e. The highest BCUT2D eigenvalue weighted by Crippen LogP contribution is 2.41. The van der Waals surface area contributed by atoms with Crippen molar-refractivity contribution in [2.75, 3.05) is 13.1 Å². The molecule has 4 nitrogen and oxygen atoms in total. The van der Waals surface area contributed by atoms with Crippen molar-refractivity contribution in [1.29, 1.82) is 0 Å². The molecule has 0 radical (unpaired) electrons. The molecule has 2 rings (SSSR count). The van der Waals surface area contributed by atoms with Crippen LogP contribution in [0.2, 0.25) is 0 Å². The van der Waals surface area contributed by atoms with Gasteiger partial charge in [0.15, 0.2) is 0 Å². The lowest BCUT2D eigenvalue weighted by Crippen LogP contribution is -2.40. The number of ether oxygens (including phenoxy) is 1. The fourth-order valence-corrected chi connectivity index (χ4v) is 3.12. The van der Waals surface area contributed by atoms with E-state index in [4.69, 9.17) is 10.5 Å². The summed E-state index contributed by atoms with van der Waals surface area (Å²) >= 11 is 0. The molecule has 1 aliphatic carbocycles. The molecule has 3 unspecified atom stereocenters. The van der Waals surface area contributed by atoms with E-state index in [1.807, 2.05) is 25.7 Å². The summed E-state index contributed by atoms with van der Waals surface area (Å²) in [5, 5.41) is 0. The fraction of sp³-hybridized carbons (Fsp3) is 0.923. The third-order valence-corrected chi connectivity index (χ3v) is 3.86. The first-order valence-electron chi connectivity index (χ1n) is 6.60. The molecule has 1 saturated carbocycles. The molecule has 0 aromatic carbocycles. The van der Waals surface area contributed by atoms with E-state index < -0.39 is 5.60 Å². The van der Waals surface area contributed by atoms with Crippen molar-refractivity contribution in [3.05, 3.63) is 0 Å². The van der Waals surface area contributed by atoms with Crippen LogP contribution >= 0.6 is 0 Å². The van der Waals surface area contributed by atoms with Gasteiger partial charge < -0.3 is 15.4 Å². The number of rotatable bonds is 1. The van der Waals surface area contributed by atoms with Crippen LogP contribution in [0.5, 0.6) is 0 Å². The van der Waals surface area contributed by atoms with Crippen molar-refractivity contribution >= 4 is 6.09 Å². The van der Waals surface area contributed by atoms with E-state index >= 15 is 0 Å². The van der Waals surface area contributed by atoms with Gasteiger partial charge in [0.2, 0.25) is 0 Å². The molecule has 0 spiro atoms. The normalized spacial score (nSPS) is 32.7. The maximum Gasteiger partial charge on any atom is 0.410 e. The number of amides is 1. The Labute approximate surface area is 103 Å². The Hall–Kier alpha value is -0.770. The lowest BCUT2D eigenvalue weighted by Gasteiger charge is -2.28. The second-order valence-corrected chi connectivity index (χ2v) is 6.36. The molecule has 1 heterocycles. The van der Waals surface area contributed by atoms with Crippen LogP contribution in [0.3, 0.4) is 0 Å². The zero-order valence-corrected chi connectivity index (χ0v) is 11.1. The topological polar surface area (TPSA) is 55.6 Å². The monoisotopic (exact) mass is 240 g/mol. The van der Waals surface area contributed by atoms with Gasteiger partial charge >= 0.3 is 6.09 Å². The Morgan fingerprint density at radius 2 is 2.12 bits per heavy atom. The quantitative estimate of drug-likeness (QED) is 0.762. The molecule has 0 aromatic rings. The average molecular weight is 240 g/mol. The highest BCUT2D eigenvalue weighted by molar-refractivity contribution is 5.69. The number of nitrogens with two attached hydrogens (primary N) is 1. The minimum atomic E-state index is -0.402. The van der Waals surface area contributed by atoms with E-state index in [9.17, 15) is 4.79 Å². The highest BCUT2D eigenvalue weighted by atomic mass is 16.6. The summed E-state index contributed by atoms with van der Waals surface area (Å²) in [6.45, 7) is 7.33. The number of hydrogen-bond acceptors (Lipinski definition) is 3. The molecule has 1 aliphatic heterocycles. The van der Waals surface area contributed by atoms with E-state index in [1.165, 1.54) is 6.42 Å². The maximum atomic E-state index is 12.1. The Kier molecular flexibility index (Phi) is 3.34. The van der Waals surface area contributed by atoms with Gasteiger partial charge in [0.05, 0.1) is 0 Å². The van der Waals surface area contributed by atoms with Gasteiger partial charge in [-0.05, 0) is 58.4 Å². The third kappa shape index (κ3) is 2.73. The van der Waals surface area contributed by atoms with Gasteiger partial charge in [-0.3, -0.25) is 0 Å². The molecule has 98 valence electrons. The molecule has 1 saturated heterocycles. The lowest BCUT2D eigenvalue weighted by atomic mass is 10.0. The van der Waals surface area contributed by atoms with Crippen molar-refractivity contribution < 1.29 is 9.53 Å². The van der Waals surface area contributed by atoms with E-state index in [2.05, 4.69) is 0 Å². The molecule has 2 N–H and O–H groups in total. The molecule has 3 atom stereocenters. The first kappa shape index (κ1) is 12.7. The molecule has 17 heavy (non-hydrogen) atoms. The van der Waals surface area contributed by atoms with E-state index in [0.717, 1.165) is 25.9 Å². The standard InChI is InChI=1S/C13H24N2O2/c1-13(2,3)17-12(16)15-5-4-10-6-9(8-14)7-11(10)15/h9-11H,4-8,14H2,1-3H3. The van der Waals surface area contributed by atoms with Gasteiger partial charge in [-0.25, -0.2) is 4.79 Å². The fourth-order valence-electron chi connectivity index (χ4n) is 3.12. The molecule has 1 amide bonds. The molecular formula is C13H24N2O2. The second kappa shape index (κ2) is 4.48. The van der Waals surface area contributed by atoms with Crippen LogP contribution in [0.15, 0.2) is 0 Å². The number of likely N-dealkylation sites (tertiary alicyclic amines) is 1. The highest BCUT2D eigenvalue weighted by Gasteiger charge is 2.44. The van der Waals surface area contributed by atoms with Crippen LogP contribution in [0.25, 0.3) is 0 Å². The number of hydrogen-bond donors (Lipinski definition) is 1. The Balaban J connectivity index is 1.97. The van der Waals surface area contributed by atoms with Gasteiger partial charge in [0.25, 0.3) is 0 Å². The van der Waals surface area contributed by atoms with Crippen molar-refractivity contribution in [2.45, 2.75) is 51.7 Å². The van der Waals surface area contributed by atoms with Crippen molar-refractivity contribution in [2.24, 2.45) is 17.6 Å². The number of carbonyl (C=O) groups excluding carboxylic acids is 1. The van der Waals surface area contributed by atoms with Gasteiger partial charge in [-0.1, -0.05) is 0 Å². The minimum absolute atomic E-state index is 0.150. The van der Waals surface area contributed by atoms with Crippen LogP contribution in [-0.4, -0.2) is 35.7 Å². The van der Waals surface area contributed by atoms with Crippen molar-refractivity contribution in [3.63, 3.8) is 0 Å². The number of fused-ring (bicyclic) bond motifs is 1. The van der Waals surface area contributed by atoms with E-state index in [1.54, 1.807) is 0 Å². The Morgan fingerprint density at radius 3 is 2.71 bits per heavy atom. The van der Waals surface area contributed by atoms with E-state index in [0.29, 0.717) is 17.9 Å². The van der Waals surface area contributed by atoms with Gasteiger partial charge in [0, 0.05) is 12.6 Å². The Bertz CT molecular complexity index is 298. The summed E-state index contributed by atoms with van der Waals surface area (Å²) in [5.41, 5.74) is 5.32. The first-order chi connectivity index (χ1) is 7.90. The molecule has 4 heteroatoms. The predicted molar refractivity (Wildman–Crippen MR) is 66.6 cm³/mol. The SMILES string of the molecule is CC(C)(C)OC(=O)N1CCC2CC(CN)CC21. The first-order valence-corrected chi connectivity index (χ1v) is 6.60. The van der Waals surface area contributed by atoms with E-state index in [-0.39, 0.29) is 6.09 Å². The maximum absolute atomic E-state index is 12.1. The summed E-state index contributed by atoms with van der Waals surface area (Å²) in [5.74, 6) is 1.24. The van der Waals surface area contributed by atoms with Crippen LogP contribution in [0.4, 0.5) is 4.79 Å². The molecular weight excluding hydrogens is 216 g/mol. The summed E-state index contributed by atoms with van der Waals surface area (Å²) in [6, 6.07) is 0.374. The van der Waals surface area contributed by atoms with Crippen LogP contribution in [0.1, 0.15) is 40.0 Å². The smallest absolute Gasteiger partial charge is 0.410 e. The van der Waals surface area contributed by atoms with Crippen LogP contribution < -0.4 is 5.73 Å². The molecule has 2 fully saturated rings. The number of carbonyl (C=O) groups is 1. The number of nitrogens with zero attached hydrogens (tertiary/aromatic N) is 1. The summed E-state index contributed by atoms with van der Waals surface area (Å²) in [6.07, 6.45) is 3.20. The molecule has 0 aromatic heterocycles. The predicted octanol–water partition coefficient (Wildman–Crippen LogP) is 1.98. The minimum Gasteiger partial charge on any atom is -0.444 e. The zero-order chi connectivity index (χ0) is 12.6. The zero-order valence-electron chi connectivity index (χ0n) is 11.1. The average Bonchev–Trinajstić information content (AvgIpc) is 2.71. The third-order valence-electron chi connectivity index (χ3n) is 3.86. The lowest BCUT2D eigenvalue weighted by molar-refractivity contribution is 0.0215. The van der Waals surface area contributed by atoms with Gasteiger partial charge in [-0.2, -0.15) is 0 Å². The Morgan fingerprint density at radius 1 is 1.41 bits per heavy atom. The van der Waals surface area contributed by atoms with Crippen molar-refractivity contribution in [3.8, 4) is 0 Å².